The molecule has 180 valence electrons. The minimum atomic E-state index is -4.67. The van der Waals surface area contributed by atoms with Crippen LogP contribution in [-0.4, -0.2) is 41.3 Å². The highest BCUT2D eigenvalue weighted by atomic mass is 32.2. The summed E-state index contributed by atoms with van der Waals surface area (Å²) in [4.78, 5) is 3.12. The second-order valence-corrected chi connectivity index (χ2v) is 8.57. The van der Waals surface area contributed by atoms with E-state index < -0.39 is 22.0 Å². The molecule has 0 spiro atoms. The predicted octanol–water partition coefficient (Wildman–Crippen LogP) is 5.69. The number of para-hydroxylation sites is 1. The normalized spacial score (nSPS) is 11.7. The molecule has 1 aromatic heterocycles. The summed E-state index contributed by atoms with van der Waals surface area (Å²) in [6.45, 7) is 0. The summed E-state index contributed by atoms with van der Waals surface area (Å²) in [5, 5.41) is 12.1. The van der Waals surface area contributed by atoms with E-state index in [4.69, 9.17) is 9.76 Å². The number of halogens is 3. The molecule has 0 aliphatic heterocycles. The summed E-state index contributed by atoms with van der Waals surface area (Å²) in [6, 6.07) is 25.7. The fraction of sp³-hybridized carbons (Fsp3) is 0.125. The van der Waals surface area contributed by atoms with Gasteiger partial charge in [0.15, 0.2) is 5.71 Å². The van der Waals surface area contributed by atoms with E-state index in [0.29, 0.717) is 12.7 Å². The Balaban J connectivity index is 0.000000238. The maximum atomic E-state index is 12.6. The Hall–Kier alpha value is -3.63. The largest absolute Gasteiger partial charge is 0.437 e. The summed E-state index contributed by atoms with van der Waals surface area (Å²) in [7, 11) is -3.67. The molecule has 0 aliphatic carbocycles. The lowest BCUT2D eigenvalue weighted by molar-refractivity contribution is -0.0601. The summed E-state index contributed by atoms with van der Waals surface area (Å²) in [5.41, 5.74) is 1.73. The first-order valence-corrected chi connectivity index (χ1v) is 11.7. The van der Waals surface area contributed by atoms with Crippen LogP contribution >= 0.6 is 0 Å². The number of fused-ring (bicyclic) bond motifs is 1. The molecule has 3 aromatic carbocycles. The average molecular weight is 493 g/mol. The highest BCUT2D eigenvalue weighted by Gasteiger charge is 2.37. The molecular formula is C24H23F3N2O4S. The van der Waals surface area contributed by atoms with E-state index >= 15 is 0 Å². The van der Waals surface area contributed by atoms with E-state index in [-0.39, 0.29) is 5.56 Å². The van der Waals surface area contributed by atoms with Crippen molar-refractivity contribution < 1.29 is 31.3 Å². The minimum absolute atomic E-state index is 0.156. The van der Waals surface area contributed by atoms with Gasteiger partial charge in [-0.05, 0) is 35.1 Å². The van der Waals surface area contributed by atoms with Gasteiger partial charge in [-0.1, -0.05) is 78.0 Å². The number of nitrogens with zero attached hydrogens (tertiary/aromatic N) is 1. The van der Waals surface area contributed by atoms with Crippen LogP contribution in [0.15, 0.2) is 96.3 Å². The van der Waals surface area contributed by atoms with Crippen molar-refractivity contribution in [1.82, 2.24) is 4.98 Å². The molecule has 0 unspecified atom stereocenters. The van der Waals surface area contributed by atoms with Gasteiger partial charge in [0.2, 0.25) is 0 Å². The van der Waals surface area contributed by atoms with Crippen molar-refractivity contribution in [1.29, 1.82) is 0 Å². The van der Waals surface area contributed by atoms with Crippen LogP contribution in [0.2, 0.25) is 0 Å². The molecule has 0 bridgehead atoms. The Labute approximate surface area is 195 Å². The predicted molar refractivity (Wildman–Crippen MR) is 126 cm³/mol. The average Bonchev–Trinajstić information content (AvgIpc) is 3.23. The van der Waals surface area contributed by atoms with Gasteiger partial charge >= 0.3 is 6.18 Å². The van der Waals surface area contributed by atoms with Gasteiger partial charge < -0.3 is 10.2 Å². The van der Waals surface area contributed by atoms with E-state index in [9.17, 15) is 21.6 Å². The zero-order valence-electron chi connectivity index (χ0n) is 18.1. The van der Waals surface area contributed by atoms with E-state index in [1.165, 1.54) is 23.0 Å². The Kier molecular flexibility index (Phi) is 9.40. The number of hydrogen-bond donors (Lipinski definition) is 3. The van der Waals surface area contributed by atoms with Gasteiger partial charge in [0.1, 0.15) is 0 Å². The second-order valence-electron chi connectivity index (χ2n) is 7.10. The first kappa shape index (κ1) is 26.6. The number of benzene rings is 3. The molecular weight excluding hydrogens is 469 g/mol. The molecule has 0 amide bonds. The SMILES string of the molecule is CS(=O)(=O)O.ON=C(c1ccc(Cc2ccccc2)cc1)C(F)(F)F.c1ccc2[nH]ccc2c1. The molecule has 0 aliphatic rings. The summed E-state index contributed by atoms with van der Waals surface area (Å²) < 4.78 is 63.6. The molecule has 1 heterocycles. The third kappa shape index (κ3) is 9.47. The van der Waals surface area contributed by atoms with Gasteiger partial charge in [-0.25, -0.2) is 0 Å². The smallest absolute Gasteiger partial charge is 0.410 e. The highest BCUT2D eigenvalue weighted by Crippen LogP contribution is 2.23. The fourth-order valence-corrected chi connectivity index (χ4v) is 2.89. The fourth-order valence-electron chi connectivity index (χ4n) is 2.89. The third-order valence-corrected chi connectivity index (χ3v) is 4.31. The molecule has 0 saturated heterocycles. The molecule has 4 rings (SSSR count). The molecule has 6 nitrogen and oxygen atoms in total. The summed E-state index contributed by atoms with van der Waals surface area (Å²) in [5.74, 6) is 0. The first-order chi connectivity index (χ1) is 16.0. The van der Waals surface area contributed by atoms with E-state index in [1.54, 1.807) is 12.1 Å². The molecule has 0 saturated carbocycles. The van der Waals surface area contributed by atoms with E-state index in [2.05, 4.69) is 28.3 Å². The number of oxime groups is 1. The first-order valence-electron chi connectivity index (χ1n) is 9.84. The maximum Gasteiger partial charge on any atom is 0.437 e. The van der Waals surface area contributed by atoms with Crippen LogP contribution in [-0.2, 0) is 16.5 Å². The molecule has 4 aromatic rings. The van der Waals surface area contributed by atoms with Crippen LogP contribution in [0.4, 0.5) is 13.2 Å². The molecule has 0 radical (unpaired) electrons. The van der Waals surface area contributed by atoms with Crippen molar-refractivity contribution in [2.24, 2.45) is 5.16 Å². The lowest BCUT2D eigenvalue weighted by Crippen LogP contribution is -2.24. The van der Waals surface area contributed by atoms with Gasteiger partial charge in [0.25, 0.3) is 10.1 Å². The second kappa shape index (κ2) is 12.0. The number of nitrogens with one attached hydrogen (secondary N) is 1. The minimum Gasteiger partial charge on any atom is -0.410 e. The van der Waals surface area contributed by atoms with Gasteiger partial charge in [-0.15, -0.1) is 0 Å². The third-order valence-electron chi connectivity index (χ3n) is 4.31. The van der Waals surface area contributed by atoms with Crippen LogP contribution in [0.5, 0.6) is 0 Å². The van der Waals surface area contributed by atoms with Crippen molar-refractivity contribution in [3.05, 3.63) is 108 Å². The molecule has 10 heteroatoms. The Morgan fingerprint density at radius 2 is 1.41 bits per heavy atom. The number of hydrogen-bond acceptors (Lipinski definition) is 4. The lowest BCUT2D eigenvalue weighted by atomic mass is 10.0. The van der Waals surface area contributed by atoms with Gasteiger partial charge in [-0.2, -0.15) is 21.6 Å². The van der Waals surface area contributed by atoms with Crippen LogP contribution < -0.4 is 0 Å². The Bertz CT molecular complexity index is 1260. The van der Waals surface area contributed by atoms with Crippen molar-refractivity contribution in [3.8, 4) is 0 Å². The standard InChI is InChI=1S/C15H12F3NO.C8H7N.CH4O3S/c16-15(17,18)14(19-20)13-8-6-12(7-9-13)10-11-4-2-1-3-5-11;1-2-4-8-7(3-1)5-6-9-8;1-5(2,3)4/h1-9,20H,10H2;1-6,9H;1H3,(H,2,3,4). The molecule has 0 atom stereocenters. The van der Waals surface area contributed by atoms with Crippen molar-refractivity contribution in [2.45, 2.75) is 12.6 Å². The Morgan fingerprint density at radius 3 is 1.94 bits per heavy atom. The van der Waals surface area contributed by atoms with Crippen molar-refractivity contribution in [2.75, 3.05) is 6.26 Å². The quantitative estimate of drug-likeness (QED) is 0.148. The van der Waals surface area contributed by atoms with Gasteiger partial charge in [-0.3, -0.25) is 4.55 Å². The van der Waals surface area contributed by atoms with Crippen LogP contribution in [0.1, 0.15) is 16.7 Å². The van der Waals surface area contributed by atoms with Crippen LogP contribution in [0, 0.1) is 0 Å². The highest BCUT2D eigenvalue weighted by molar-refractivity contribution is 7.85. The number of aromatic nitrogens is 1. The van der Waals surface area contributed by atoms with Gasteiger partial charge in [0.05, 0.1) is 6.26 Å². The number of rotatable bonds is 3. The molecule has 3 N–H and O–H groups in total. The zero-order valence-corrected chi connectivity index (χ0v) is 18.9. The number of alkyl halides is 3. The summed E-state index contributed by atoms with van der Waals surface area (Å²) in [6.07, 6.45) is -1.37. The van der Waals surface area contributed by atoms with E-state index in [1.807, 2.05) is 48.7 Å². The number of H-pyrrole nitrogens is 1. The zero-order chi connectivity index (χ0) is 25.2. The monoisotopic (exact) mass is 492 g/mol. The van der Waals surface area contributed by atoms with Gasteiger partial charge in [0, 0.05) is 17.3 Å². The Morgan fingerprint density at radius 1 is 0.882 bits per heavy atom. The van der Waals surface area contributed by atoms with E-state index in [0.717, 1.165) is 11.1 Å². The van der Waals surface area contributed by atoms with Crippen molar-refractivity contribution >= 4 is 26.7 Å². The molecule has 0 fully saturated rings. The van der Waals surface area contributed by atoms with Crippen molar-refractivity contribution in [3.63, 3.8) is 0 Å². The molecule has 34 heavy (non-hydrogen) atoms. The van der Waals surface area contributed by atoms with Crippen LogP contribution in [0.3, 0.4) is 0 Å². The van der Waals surface area contributed by atoms with Crippen LogP contribution in [0.25, 0.3) is 10.9 Å². The maximum absolute atomic E-state index is 12.6. The number of aromatic amines is 1. The topological polar surface area (TPSA) is 103 Å². The summed E-state index contributed by atoms with van der Waals surface area (Å²) >= 11 is 0. The lowest BCUT2D eigenvalue weighted by Gasteiger charge is -2.09.